The van der Waals surface area contributed by atoms with Gasteiger partial charge in [0, 0.05) is 18.4 Å². The highest BCUT2D eigenvalue weighted by molar-refractivity contribution is 5.75. The lowest BCUT2D eigenvalue weighted by Gasteiger charge is -2.63. The SMILES string of the molecule is C=C[C@]12C(O)C[C@H]3[C@@H]([C@H](O)C[C@@H]4CCCC[C@@]43C)[C@@H]1CC[C@@H]2[C@H](C)CCC(=O)NCC. The van der Waals surface area contributed by atoms with Gasteiger partial charge in [-0.3, -0.25) is 4.79 Å². The van der Waals surface area contributed by atoms with Crippen LogP contribution in [0.3, 0.4) is 0 Å². The van der Waals surface area contributed by atoms with Gasteiger partial charge in [0.2, 0.25) is 5.91 Å². The Morgan fingerprint density at radius 1 is 1.19 bits per heavy atom. The second-order valence-corrected chi connectivity index (χ2v) is 11.7. The number of fused-ring (bicyclic) bond motifs is 5. The van der Waals surface area contributed by atoms with E-state index in [-0.39, 0.29) is 34.9 Å². The van der Waals surface area contributed by atoms with Crippen LogP contribution < -0.4 is 5.32 Å². The van der Waals surface area contributed by atoms with Crippen molar-refractivity contribution in [2.24, 2.45) is 46.3 Å². The van der Waals surface area contributed by atoms with Crippen molar-refractivity contribution in [3.05, 3.63) is 12.7 Å². The topological polar surface area (TPSA) is 69.6 Å². The molecule has 4 nitrogen and oxygen atoms in total. The molecule has 4 fully saturated rings. The van der Waals surface area contributed by atoms with Crippen LogP contribution in [0.15, 0.2) is 12.7 Å². The molecule has 4 heteroatoms. The van der Waals surface area contributed by atoms with Gasteiger partial charge in [0.1, 0.15) is 0 Å². The van der Waals surface area contributed by atoms with Crippen molar-refractivity contribution >= 4 is 5.91 Å². The first kappa shape index (κ1) is 23.3. The smallest absolute Gasteiger partial charge is 0.219 e. The number of aliphatic hydroxyl groups is 2. The predicted octanol–water partition coefficient (Wildman–Crippen LogP) is 4.70. The van der Waals surface area contributed by atoms with Crippen molar-refractivity contribution in [1.82, 2.24) is 5.32 Å². The zero-order chi connectivity index (χ0) is 22.4. The van der Waals surface area contributed by atoms with Gasteiger partial charge in [-0.25, -0.2) is 0 Å². The molecule has 31 heavy (non-hydrogen) atoms. The van der Waals surface area contributed by atoms with Gasteiger partial charge in [-0.1, -0.05) is 32.8 Å². The maximum absolute atomic E-state index is 12.0. The normalized spacial score (nSPS) is 47.6. The molecule has 1 amide bonds. The summed E-state index contributed by atoms with van der Waals surface area (Å²) in [6.07, 6.45) is 11.8. The van der Waals surface area contributed by atoms with Crippen LogP contribution in [0.2, 0.25) is 0 Å². The number of aliphatic hydroxyl groups excluding tert-OH is 2. The number of nitrogens with one attached hydrogen (secondary N) is 1. The van der Waals surface area contributed by atoms with Crippen molar-refractivity contribution in [3.8, 4) is 0 Å². The molecule has 0 aliphatic heterocycles. The molecule has 0 saturated heterocycles. The maximum atomic E-state index is 12.0. The minimum absolute atomic E-state index is 0.125. The van der Waals surface area contributed by atoms with Gasteiger partial charge in [0.25, 0.3) is 0 Å². The summed E-state index contributed by atoms with van der Waals surface area (Å²) < 4.78 is 0. The van der Waals surface area contributed by atoms with Gasteiger partial charge in [-0.15, -0.1) is 6.58 Å². The Morgan fingerprint density at radius 2 is 1.97 bits per heavy atom. The molecule has 0 bridgehead atoms. The third kappa shape index (κ3) is 3.60. The minimum Gasteiger partial charge on any atom is -0.393 e. The Labute approximate surface area is 189 Å². The van der Waals surface area contributed by atoms with Crippen LogP contribution in [0.5, 0.6) is 0 Å². The number of rotatable bonds is 6. The van der Waals surface area contributed by atoms with Crippen LogP contribution in [0.1, 0.15) is 85.0 Å². The van der Waals surface area contributed by atoms with E-state index in [0.29, 0.717) is 42.6 Å². The zero-order valence-electron chi connectivity index (χ0n) is 20.0. The molecule has 1 unspecified atom stereocenters. The average molecular weight is 432 g/mol. The van der Waals surface area contributed by atoms with Gasteiger partial charge >= 0.3 is 0 Å². The highest BCUT2D eigenvalue weighted by Crippen LogP contribution is 2.68. The average Bonchev–Trinajstić information content (AvgIpc) is 3.14. The highest BCUT2D eigenvalue weighted by Gasteiger charge is 2.66. The molecule has 4 aliphatic rings. The van der Waals surface area contributed by atoms with E-state index in [1.165, 1.54) is 25.7 Å². The molecule has 4 aliphatic carbocycles. The van der Waals surface area contributed by atoms with Crippen molar-refractivity contribution < 1.29 is 15.0 Å². The Balaban J connectivity index is 1.59. The first-order valence-corrected chi connectivity index (χ1v) is 13.1. The summed E-state index contributed by atoms with van der Waals surface area (Å²) in [4.78, 5) is 12.0. The van der Waals surface area contributed by atoms with Crippen LogP contribution in [0, 0.1) is 46.3 Å². The number of amides is 1. The molecule has 0 aromatic rings. The lowest BCUT2D eigenvalue weighted by molar-refractivity contribution is -0.192. The molecule has 0 aromatic carbocycles. The summed E-state index contributed by atoms with van der Waals surface area (Å²) in [6, 6.07) is 0. The van der Waals surface area contributed by atoms with E-state index in [9.17, 15) is 15.0 Å². The molecule has 176 valence electrons. The van der Waals surface area contributed by atoms with E-state index < -0.39 is 0 Å². The second kappa shape index (κ2) is 8.82. The number of carbonyl (C=O) groups excluding carboxylic acids is 1. The van der Waals surface area contributed by atoms with Crippen molar-refractivity contribution in [1.29, 1.82) is 0 Å². The van der Waals surface area contributed by atoms with E-state index in [1.807, 2.05) is 6.92 Å². The lowest BCUT2D eigenvalue weighted by atomic mass is 9.43. The number of hydrogen-bond donors (Lipinski definition) is 3. The van der Waals surface area contributed by atoms with Crippen LogP contribution in [0.4, 0.5) is 0 Å². The summed E-state index contributed by atoms with van der Waals surface area (Å²) in [5.41, 5.74) is -0.0565. The number of carbonyl (C=O) groups is 1. The Bertz CT molecular complexity index is 679. The Morgan fingerprint density at radius 3 is 2.68 bits per heavy atom. The summed E-state index contributed by atoms with van der Waals surface area (Å²) in [5.74, 6) is 2.43. The van der Waals surface area contributed by atoms with Gasteiger partial charge in [-0.05, 0) is 92.8 Å². The van der Waals surface area contributed by atoms with Gasteiger partial charge in [0.15, 0.2) is 0 Å². The van der Waals surface area contributed by atoms with Crippen LogP contribution >= 0.6 is 0 Å². The predicted molar refractivity (Wildman–Crippen MR) is 124 cm³/mol. The molecule has 10 atom stereocenters. The number of hydrogen-bond acceptors (Lipinski definition) is 3. The largest absolute Gasteiger partial charge is 0.393 e. The lowest BCUT2D eigenvalue weighted by Crippen LogP contribution is -2.62. The highest BCUT2D eigenvalue weighted by atomic mass is 16.3. The molecular formula is C27H45NO3. The maximum Gasteiger partial charge on any atom is 0.219 e. The van der Waals surface area contributed by atoms with E-state index in [0.717, 1.165) is 32.1 Å². The van der Waals surface area contributed by atoms with Crippen LogP contribution in [0.25, 0.3) is 0 Å². The molecule has 0 radical (unpaired) electrons. The fourth-order valence-electron chi connectivity index (χ4n) is 9.10. The summed E-state index contributed by atoms with van der Waals surface area (Å²) in [6.45, 7) is 11.6. The fourth-order valence-corrected chi connectivity index (χ4v) is 9.10. The first-order chi connectivity index (χ1) is 14.8. The second-order valence-electron chi connectivity index (χ2n) is 11.7. The fraction of sp³-hybridized carbons (Fsp3) is 0.889. The van der Waals surface area contributed by atoms with E-state index in [2.05, 4.69) is 31.8 Å². The van der Waals surface area contributed by atoms with E-state index in [4.69, 9.17) is 0 Å². The Hall–Kier alpha value is -0.870. The van der Waals surface area contributed by atoms with Crippen LogP contribution in [-0.2, 0) is 4.79 Å². The third-order valence-corrected chi connectivity index (χ3v) is 10.6. The minimum atomic E-state index is -0.389. The standard InChI is InChI=1S/C27H45NO3/c1-5-27-19(17(3)10-13-24(31)28-6-2)11-12-20(27)25-21(16-23(27)30)26(4)14-8-7-9-18(26)15-22(25)29/h5,17-23,25,29-30H,1,6-16H2,2-4H3,(H,28,31)/t17-,18+,19-,20+,21+,22-,23?,25+,26+,27-/m1/s1. The zero-order valence-corrected chi connectivity index (χ0v) is 20.0. The van der Waals surface area contributed by atoms with Crippen molar-refractivity contribution in [3.63, 3.8) is 0 Å². The molecule has 0 heterocycles. The van der Waals surface area contributed by atoms with E-state index in [1.54, 1.807) is 0 Å². The molecular weight excluding hydrogens is 386 g/mol. The molecule has 3 N–H and O–H groups in total. The third-order valence-electron chi connectivity index (χ3n) is 10.6. The van der Waals surface area contributed by atoms with Gasteiger partial charge in [0.05, 0.1) is 12.2 Å². The van der Waals surface area contributed by atoms with Crippen molar-refractivity contribution in [2.75, 3.05) is 6.54 Å². The molecule has 0 spiro atoms. The molecule has 0 aromatic heterocycles. The summed E-state index contributed by atoms with van der Waals surface area (Å²) >= 11 is 0. The van der Waals surface area contributed by atoms with Crippen molar-refractivity contribution in [2.45, 2.75) is 97.2 Å². The Kier molecular flexibility index (Phi) is 6.63. The van der Waals surface area contributed by atoms with E-state index >= 15 is 0 Å². The van der Waals surface area contributed by atoms with Gasteiger partial charge in [-0.2, -0.15) is 0 Å². The molecule has 4 saturated carbocycles. The van der Waals surface area contributed by atoms with Gasteiger partial charge < -0.3 is 15.5 Å². The summed E-state index contributed by atoms with van der Waals surface area (Å²) in [7, 11) is 0. The monoisotopic (exact) mass is 431 g/mol. The molecule has 4 rings (SSSR count). The first-order valence-electron chi connectivity index (χ1n) is 13.1. The van der Waals surface area contributed by atoms with Crippen LogP contribution in [-0.4, -0.2) is 34.9 Å². The summed E-state index contributed by atoms with van der Waals surface area (Å²) in [5, 5.41) is 26.0. The quantitative estimate of drug-likeness (QED) is 0.534.